The van der Waals surface area contributed by atoms with Crippen LogP contribution in [0.1, 0.15) is 29.9 Å². The molecule has 0 amide bonds. The topological polar surface area (TPSA) is 79.5 Å². The molecule has 0 atom stereocenters. The molecule has 0 unspecified atom stereocenters. The van der Waals surface area contributed by atoms with E-state index in [9.17, 15) is 4.79 Å². The Morgan fingerprint density at radius 1 is 1.00 bits per heavy atom. The fourth-order valence-electron chi connectivity index (χ4n) is 3.60. The highest BCUT2D eigenvalue weighted by molar-refractivity contribution is 5.71. The van der Waals surface area contributed by atoms with Crippen molar-refractivity contribution in [2.75, 3.05) is 13.1 Å². The van der Waals surface area contributed by atoms with E-state index in [-0.39, 0.29) is 5.92 Å². The molecule has 6 heteroatoms. The van der Waals surface area contributed by atoms with Crippen LogP contribution in [0.5, 0.6) is 0 Å². The van der Waals surface area contributed by atoms with Gasteiger partial charge in [0.05, 0.1) is 5.92 Å². The van der Waals surface area contributed by atoms with Gasteiger partial charge in [0, 0.05) is 31.6 Å². The highest BCUT2D eigenvalue weighted by Gasteiger charge is 2.32. The smallest absolute Gasteiger partial charge is 0.309 e. The number of carboxylic acid groups (broad SMARTS) is 1. The lowest BCUT2D eigenvalue weighted by Crippen LogP contribution is -2.49. The minimum absolute atomic E-state index is 0.222. The Hall–Kier alpha value is -2.99. The zero-order valence-corrected chi connectivity index (χ0v) is 16.3. The first-order chi connectivity index (χ1) is 14.2. The minimum atomic E-state index is -0.704. The first-order valence-electron chi connectivity index (χ1n) is 10.1. The van der Waals surface area contributed by atoms with E-state index in [0.29, 0.717) is 24.8 Å². The van der Waals surface area contributed by atoms with Gasteiger partial charge in [-0.15, -0.1) is 0 Å². The molecule has 1 fully saturated rings. The zero-order chi connectivity index (χ0) is 20.1. The Morgan fingerprint density at radius 3 is 2.45 bits per heavy atom. The van der Waals surface area contributed by atoms with Gasteiger partial charge in [-0.2, -0.15) is 4.98 Å². The molecule has 6 nitrogen and oxygen atoms in total. The normalized spacial score (nSPS) is 14.6. The predicted octanol–water partition coefficient (Wildman–Crippen LogP) is 3.82. The number of aryl methyl sites for hydroxylation is 2. The van der Waals surface area contributed by atoms with Gasteiger partial charge in [0.25, 0.3) is 0 Å². The summed E-state index contributed by atoms with van der Waals surface area (Å²) in [5.74, 6) is 0.367. The van der Waals surface area contributed by atoms with Crippen molar-refractivity contribution in [2.24, 2.45) is 5.92 Å². The van der Waals surface area contributed by atoms with Crippen LogP contribution in [0.15, 0.2) is 59.1 Å². The fraction of sp³-hybridized carbons (Fsp3) is 0.348. The van der Waals surface area contributed by atoms with Crippen LogP contribution < -0.4 is 0 Å². The second kappa shape index (κ2) is 9.01. The molecule has 0 radical (unpaired) electrons. The van der Waals surface area contributed by atoms with Crippen LogP contribution in [0.2, 0.25) is 0 Å². The van der Waals surface area contributed by atoms with Gasteiger partial charge < -0.3 is 9.63 Å². The van der Waals surface area contributed by atoms with E-state index >= 15 is 0 Å². The Morgan fingerprint density at radius 2 is 1.72 bits per heavy atom. The van der Waals surface area contributed by atoms with Crippen molar-refractivity contribution in [3.8, 4) is 11.4 Å². The number of carbonyl (C=O) groups is 1. The van der Waals surface area contributed by atoms with Gasteiger partial charge in [-0.25, -0.2) is 0 Å². The summed E-state index contributed by atoms with van der Waals surface area (Å²) in [6, 6.07) is 18.6. The highest BCUT2D eigenvalue weighted by Crippen LogP contribution is 2.21. The first kappa shape index (κ1) is 19.3. The van der Waals surface area contributed by atoms with Crippen molar-refractivity contribution >= 4 is 5.97 Å². The molecule has 0 spiro atoms. The maximum atomic E-state index is 10.9. The van der Waals surface area contributed by atoms with Crippen LogP contribution in [0, 0.1) is 5.92 Å². The van der Waals surface area contributed by atoms with E-state index < -0.39 is 5.97 Å². The van der Waals surface area contributed by atoms with E-state index in [0.717, 1.165) is 43.4 Å². The van der Waals surface area contributed by atoms with Crippen molar-refractivity contribution in [1.82, 2.24) is 15.0 Å². The Labute approximate surface area is 170 Å². The van der Waals surface area contributed by atoms with Gasteiger partial charge >= 0.3 is 5.97 Å². The van der Waals surface area contributed by atoms with Crippen LogP contribution in [0.4, 0.5) is 0 Å². The molecule has 2 heterocycles. The molecule has 0 aliphatic carbocycles. The van der Waals surface area contributed by atoms with Gasteiger partial charge in [-0.05, 0) is 30.4 Å². The highest BCUT2D eigenvalue weighted by atomic mass is 16.5. The van der Waals surface area contributed by atoms with Crippen LogP contribution in [0.25, 0.3) is 11.4 Å². The maximum absolute atomic E-state index is 10.9. The molecule has 1 saturated heterocycles. The summed E-state index contributed by atoms with van der Waals surface area (Å²) >= 11 is 0. The van der Waals surface area contributed by atoms with E-state index in [2.05, 4.69) is 39.3 Å². The molecule has 0 saturated carbocycles. The molecule has 0 bridgehead atoms. The average molecular weight is 391 g/mol. The molecule has 150 valence electrons. The average Bonchev–Trinajstić information content (AvgIpc) is 3.18. The number of carboxylic acids is 1. The molecule has 4 rings (SSSR count). The second-order valence-corrected chi connectivity index (χ2v) is 7.63. The maximum Gasteiger partial charge on any atom is 0.309 e. The van der Waals surface area contributed by atoms with Crippen molar-refractivity contribution in [2.45, 2.75) is 32.2 Å². The number of hydrogen-bond acceptors (Lipinski definition) is 5. The Kier molecular flexibility index (Phi) is 6.00. The van der Waals surface area contributed by atoms with Crippen LogP contribution in [0.3, 0.4) is 0 Å². The molecule has 1 aliphatic heterocycles. The summed E-state index contributed by atoms with van der Waals surface area (Å²) in [6.45, 7) is 2.01. The largest absolute Gasteiger partial charge is 0.481 e. The summed E-state index contributed by atoms with van der Waals surface area (Å²) in [5, 5.41) is 13.1. The summed E-state index contributed by atoms with van der Waals surface area (Å²) in [4.78, 5) is 17.5. The van der Waals surface area contributed by atoms with Crippen LogP contribution in [-0.2, 0) is 24.2 Å². The van der Waals surface area contributed by atoms with Gasteiger partial charge in [-0.3, -0.25) is 9.69 Å². The lowest BCUT2D eigenvalue weighted by Gasteiger charge is -2.36. The van der Waals surface area contributed by atoms with Crippen LogP contribution in [-0.4, -0.2) is 39.2 Å². The first-order valence-corrected chi connectivity index (χ1v) is 10.1. The van der Waals surface area contributed by atoms with Gasteiger partial charge in [0.1, 0.15) is 0 Å². The molecular weight excluding hydrogens is 366 g/mol. The van der Waals surface area contributed by atoms with Crippen molar-refractivity contribution in [3.05, 3.63) is 71.6 Å². The molecule has 1 N–H and O–H groups in total. The number of rotatable bonds is 9. The third-order valence-electron chi connectivity index (χ3n) is 5.34. The Bertz CT molecular complexity index is 932. The van der Waals surface area contributed by atoms with Gasteiger partial charge in [0.2, 0.25) is 11.7 Å². The summed E-state index contributed by atoms with van der Waals surface area (Å²) in [6.07, 6.45) is 3.96. The number of aliphatic carboxylic acids is 1. The fourth-order valence-corrected chi connectivity index (χ4v) is 3.60. The standard InChI is InChI=1S/C23H25N3O3/c27-23(28)20-15-26(16-20)14-18-10-12-19(13-11-18)22-24-21(29-25-22)9-5-4-8-17-6-2-1-3-7-17/h1-3,6-7,10-13,20H,4-5,8-9,14-16H2,(H,27,28). The van der Waals surface area contributed by atoms with E-state index in [1.165, 1.54) is 5.56 Å². The molecule has 29 heavy (non-hydrogen) atoms. The number of likely N-dealkylation sites (tertiary alicyclic amines) is 1. The third-order valence-corrected chi connectivity index (χ3v) is 5.34. The lowest BCUT2D eigenvalue weighted by atomic mass is 9.99. The molecule has 1 aliphatic rings. The van der Waals surface area contributed by atoms with Crippen molar-refractivity contribution < 1.29 is 14.4 Å². The molecule has 2 aromatic carbocycles. The Balaban J connectivity index is 1.24. The third kappa shape index (κ3) is 5.09. The number of benzene rings is 2. The number of aromatic nitrogens is 2. The quantitative estimate of drug-likeness (QED) is 0.559. The second-order valence-electron chi connectivity index (χ2n) is 7.63. The van der Waals surface area contributed by atoms with Crippen molar-refractivity contribution in [3.63, 3.8) is 0 Å². The van der Waals surface area contributed by atoms with Gasteiger partial charge in [0.15, 0.2) is 0 Å². The molecule has 1 aromatic heterocycles. The minimum Gasteiger partial charge on any atom is -0.481 e. The van der Waals surface area contributed by atoms with E-state index in [4.69, 9.17) is 9.63 Å². The number of unbranched alkanes of at least 4 members (excludes halogenated alkanes) is 1. The lowest BCUT2D eigenvalue weighted by molar-refractivity contribution is -0.147. The number of nitrogens with zero attached hydrogens (tertiary/aromatic N) is 3. The molecule has 3 aromatic rings. The zero-order valence-electron chi connectivity index (χ0n) is 16.3. The predicted molar refractivity (Wildman–Crippen MR) is 109 cm³/mol. The van der Waals surface area contributed by atoms with E-state index in [1.54, 1.807) is 0 Å². The summed E-state index contributed by atoms with van der Waals surface area (Å²) in [7, 11) is 0. The SMILES string of the molecule is O=C(O)C1CN(Cc2ccc(-c3noc(CCCCc4ccccc4)n3)cc2)C1. The summed E-state index contributed by atoms with van der Waals surface area (Å²) in [5.41, 5.74) is 3.44. The summed E-state index contributed by atoms with van der Waals surface area (Å²) < 4.78 is 5.40. The van der Waals surface area contributed by atoms with Gasteiger partial charge in [-0.1, -0.05) is 59.8 Å². The molecular formula is C23H25N3O3. The van der Waals surface area contributed by atoms with E-state index in [1.807, 2.05) is 30.3 Å². The van der Waals surface area contributed by atoms with Crippen LogP contribution >= 0.6 is 0 Å². The number of hydrogen-bond donors (Lipinski definition) is 1. The van der Waals surface area contributed by atoms with Crippen molar-refractivity contribution in [1.29, 1.82) is 0 Å². The monoisotopic (exact) mass is 391 g/mol.